The molecule has 0 aliphatic heterocycles. The Bertz CT molecular complexity index is 699. The summed E-state index contributed by atoms with van der Waals surface area (Å²) in [6, 6.07) is 7.87. The van der Waals surface area contributed by atoms with E-state index in [0.717, 1.165) is 17.7 Å². The van der Waals surface area contributed by atoms with Crippen LogP contribution < -0.4 is 10.2 Å². The molecule has 0 bridgehead atoms. The van der Waals surface area contributed by atoms with Crippen LogP contribution in [0.5, 0.6) is 0 Å². The van der Waals surface area contributed by atoms with Crippen LogP contribution in [-0.4, -0.2) is 25.0 Å². The lowest BCUT2D eigenvalue weighted by molar-refractivity contribution is -0.137. The maximum absolute atomic E-state index is 12.7. The summed E-state index contributed by atoms with van der Waals surface area (Å²) in [6.45, 7) is 0.177. The van der Waals surface area contributed by atoms with Crippen molar-refractivity contribution in [3.05, 3.63) is 59.3 Å². The van der Waals surface area contributed by atoms with Gasteiger partial charge in [0.15, 0.2) is 0 Å². The fourth-order valence-electron chi connectivity index (χ4n) is 2.09. The molecule has 0 unspecified atom stereocenters. The topological polar surface area (TPSA) is 45.2 Å². The molecule has 0 radical (unpaired) electrons. The van der Waals surface area contributed by atoms with E-state index in [9.17, 15) is 18.0 Å². The minimum absolute atomic E-state index is 0.0323. The van der Waals surface area contributed by atoms with Crippen molar-refractivity contribution >= 4 is 11.7 Å². The number of carbonyl (C=O) groups excluding carboxylic acids is 1. The lowest BCUT2D eigenvalue weighted by Gasteiger charge is -2.16. The van der Waals surface area contributed by atoms with E-state index < -0.39 is 17.6 Å². The van der Waals surface area contributed by atoms with Gasteiger partial charge in [-0.3, -0.25) is 4.79 Å². The average molecular weight is 323 g/mol. The smallest absolute Gasteiger partial charge is 0.362 e. The van der Waals surface area contributed by atoms with E-state index in [1.165, 1.54) is 12.1 Å². The standard InChI is InChI=1S/C16H16F3N3O/c1-22(2)14-12(6-4-8-20-14)10-21-15(23)11-5-3-7-13(9-11)16(17,18)19/h3-9H,10H2,1-2H3,(H,21,23). The van der Waals surface area contributed by atoms with Crippen LogP contribution in [0.4, 0.5) is 19.0 Å². The fourth-order valence-corrected chi connectivity index (χ4v) is 2.09. The third-order valence-electron chi connectivity index (χ3n) is 3.18. The molecule has 2 rings (SSSR count). The number of carbonyl (C=O) groups is 1. The van der Waals surface area contributed by atoms with Gasteiger partial charge in [-0.2, -0.15) is 13.2 Å². The van der Waals surface area contributed by atoms with Gasteiger partial charge >= 0.3 is 6.18 Å². The minimum atomic E-state index is -4.47. The van der Waals surface area contributed by atoms with E-state index in [2.05, 4.69) is 10.3 Å². The maximum Gasteiger partial charge on any atom is 0.416 e. The predicted octanol–water partition coefficient (Wildman–Crippen LogP) is 3.10. The average Bonchev–Trinajstić information content (AvgIpc) is 2.52. The van der Waals surface area contributed by atoms with Crippen LogP contribution in [0.1, 0.15) is 21.5 Å². The molecule has 0 saturated heterocycles. The van der Waals surface area contributed by atoms with Crippen molar-refractivity contribution in [2.24, 2.45) is 0 Å². The molecule has 1 aromatic carbocycles. The Balaban J connectivity index is 2.12. The monoisotopic (exact) mass is 323 g/mol. The molecule has 0 spiro atoms. The molecule has 23 heavy (non-hydrogen) atoms. The Morgan fingerprint density at radius 1 is 1.22 bits per heavy atom. The zero-order valence-electron chi connectivity index (χ0n) is 12.7. The molecule has 0 fully saturated rings. The fraction of sp³-hybridized carbons (Fsp3) is 0.250. The zero-order valence-corrected chi connectivity index (χ0v) is 12.7. The number of nitrogens with zero attached hydrogens (tertiary/aromatic N) is 2. The summed E-state index contributed by atoms with van der Waals surface area (Å²) >= 11 is 0. The molecular weight excluding hydrogens is 307 g/mol. The molecular formula is C16H16F3N3O. The van der Waals surface area contributed by atoms with E-state index in [1.807, 2.05) is 14.1 Å². The highest BCUT2D eigenvalue weighted by Gasteiger charge is 2.30. The molecule has 0 saturated carbocycles. The molecule has 1 amide bonds. The van der Waals surface area contributed by atoms with Gasteiger partial charge in [-0.05, 0) is 24.3 Å². The van der Waals surface area contributed by atoms with Crippen LogP contribution in [0.25, 0.3) is 0 Å². The first-order valence-corrected chi connectivity index (χ1v) is 6.85. The molecule has 1 heterocycles. The molecule has 2 aromatic rings. The second kappa shape index (κ2) is 6.68. The molecule has 1 N–H and O–H groups in total. The number of hydrogen-bond donors (Lipinski definition) is 1. The van der Waals surface area contributed by atoms with E-state index in [1.54, 1.807) is 23.2 Å². The van der Waals surface area contributed by atoms with Gasteiger partial charge in [0.1, 0.15) is 5.82 Å². The van der Waals surface area contributed by atoms with Crippen LogP contribution in [0.15, 0.2) is 42.6 Å². The number of halogens is 3. The van der Waals surface area contributed by atoms with Crippen LogP contribution >= 0.6 is 0 Å². The van der Waals surface area contributed by atoms with Crippen LogP contribution in [0.3, 0.4) is 0 Å². The van der Waals surface area contributed by atoms with Gasteiger partial charge in [0, 0.05) is 38.0 Å². The van der Waals surface area contributed by atoms with Gasteiger partial charge in [0.05, 0.1) is 5.56 Å². The zero-order chi connectivity index (χ0) is 17.0. The molecule has 4 nitrogen and oxygen atoms in total. The Hall–Kier alpha value is -2.57. The lowest BCUT2D eigenvalue weighted by Crippen LogP contribution is -2.25. The number of hydrogen-bond acceptors (Lipinski definition) is 3. The van der Waals surface area contributed by atoms with Gasteiger partial charge in [0.2, 0.25) is 0 Å². The van der Waals surface area contributed by atoms with E-state index in [0.29, 0.717) is 5.82 Å². The largest absolute Gasteiger partial charge is 0.416 e. The van der Waals surface area contributed by atoms with E-state index in [4.69, 9.17) is 0 Å². The van der Waals surface area contributed by atoms with Crippen molar-refractivity contribution in [1.82, 2.24) is 10.3 Å². The summed E-state index contributed by atoms with van der Waals surface area (Å²) in [7, 11) is 3.64. The van der Waals surface area contributed by atoms with Gasteiger partial charge in [-0.25, -0.2) is 4.98 Å². The van der Waals surface area contributed by atoms with Crippen molar-refractivity contribution in [3.63, 3.8) is 0 Å². The van der Waals surface area contributed by atoms with Crippen LogP contribution in [-0.2, 0) is 12.7 Å². The number of nitrogens with one attached hydrogen (secondary N) is 1. The molecule has 0 atom stereocenters. The number of rotatable bonds is 4. The van der Waals surface area contributed by atoms with Crippen LogP contribution in [0, 0.1) is 0 Å². The van der Waals surface area contributed by atoms with Crippen molar-refractivity contribution in [3.8, 4) is 0 Å². The Morgan fingerprint density at radius 2 is 1.96 bits per heavy atom. The molecule has 0 aliphatic rings. The molecule has 122 valence electrons. The minimum Gasteiger partial charge on any atom is -0.362 e. The number of alkyl halides is 3. The summed E-state index contributed by atoms with van der Waals surface area (Å²) in [5.41, 5.74) is -0.103. The number of benzene rings is 1. The first-order chi connectivity index (χ1) is 10.8. The Kier molecular flexibility index (Phi) is 4.88. The summed E-state index contributed by atoms with van der Waals surface area (Å²) in [6.07, 6.45) is -2.84. The normalized spacial score (nSPS) is 11.2. The van der Waals surface area contributed by atoms with Gasteiger partial charge in [-0.1, -0.05) is 12.1 Å². The molecule has 0 aliphatic carbocycles. The van der Waals surface area contributed by atoms with Crippen LogP contribution in [0.2, 0.25) is 0 Å². The highest BCUT2D eigenvalue weighted by atomic mass is 19.4. The molecule has 7 heteroatoms. The summed E-state index contributed by atoms with van der Waals surface area (Å²) in [4.78, 5) is 18.1. The van der Waals surface area contributed by atoms with Crippen molar-refractivity contribution in [1.29, 1.82) is 0 Å². The Labute approximate surface area is 132 Å². The SMILES string of the molecule is CN(C)c1ncccc1CNC(=O)c1cccc(C(F)(F)F)c1. The predicted molar refractivity (Wildman–Crippen MR) is 81.2 cm³/mol. The highest BCUT2D eigenvalue weighted by molar-refractivity contribution is 5.94. The quantitative estimate of drug-likeness (QED) is 0.940. The third-order valence-corrected chi connectivity index (χ3v) is 3.18. The number of amides is 1. The van der Waals surface area contributed by atoms with Crippen molar-refractivity contribution in [2.45, 2.75) is 12.7 Å². The highest BCUT2D eigenvalue weighted by Crippen LogP contribution is 2.29. The van der Waals surface area contributed by atoms with Gasteiger partial charge in [0.25, 0.3) is 5.91 Å². The van der Waals surface area contributed by atoms with Gasteiger partial charge in [-0.15, -0.1) is 0 Å². The lowest BCUT2D eigenvalue weighted by atomic mass is 10.1. The number of aromatic nitrogens is 1. The number of anilines is 1. The summed E-state index contributed by atoms with van der Waals surface area (Å²) in [5, 5.41) is 2.62. The number of pyridine rings is 1. The van der Waals surface area contributed by atoms with E-state index in [-0.39, 0.29) is 12.1 Å². The van der Waals surface area contributed by atoms with Gasteiger partial charge < -0.3 is 10.2 Å². The van der Waals surface area contributed by atoms with Crippen molar-refractivity contribution in [2.75, 3.05) is 19.0 Å². The second-order valence-corrected chi connectivity index (χ2v) is 5.14. The van der Waals surface area contributed by atoms with Crippen molar-refractivity contribution < 1.29 is 18.0 Å². The third kappa shape index (κ3) is 4.21. The maximum atomic E-state index is 12.7. The summed E-state index contributed by atoms with van der Waals surface area (Å²) in [5.74, 6) is 0.126. The first-order valence-electron chi connectivity index (χ1n) is 6.85. The summed E-state index contributed by atoms with van der Waals surface area (Å²) < 4.78 is 38.0. The van der Waals surface area contributed by atoms with E-state index >= 15 is 0 Å². The second-order valence-electron chi connectivity index (χ2n) is 5.14. The molecule has 1 aromatic heterocycles. The first kappa shape index (κ1) is 16.8. The Morgan fingerprint density at radius 3 is 2.61 bits per heavy atom.